The highest BCUT2D eigenvalue weighted by atomic mass is 35.5. The van der Waals surface area contributed by atoms with E-state index in [9.17, 15) is 18.0 Å². The third kappa shape index (κ3) is 3.88. The highest BCUT2D eigenvalue weighted by Crippen LogP contribution is 2.27. The van der Waals surface area contributed by atoms with Crippen LogP contribution in [0.2, 0.25) is 5.02 Å². The molecular formula is C17H17ClO6S. The lowest BCUT2D eigenvalue weighted by atomic mass is 10.1. The van der Waals surface area contributed by atoms with Gasteiger partial charge in [0.25, 0.3) is 0 Å². The first-order chi connectivity index (χ1) is 11.8. The molecule has 1 saturated heterocycles. The molecule has 134 valence electrons. The Morgan fingerprint density at radius 2 is 2.08 bits per heavy atom. The second-order valence-electron chi connectivity index (χ2n) is 6.09. The topological polar surface area (TPSA) is 90.7 Å². The van der Waals surface area contributed by atoms with Crippen LogP contribution in [0.4, 0.5) is 0 Å². The molecule has 0 N–H and O–H groups in total. The average molecular weight is 385 g/mol. The zero-order valence-corrected chi connectivity index (χ0v) is 15.2. The number of aryl methyl sites for hydroxylation is 1. The molecule has 2 heterocycles. The molecular weight excluding hydrogens is 368 g/mol. The average Bonchev–Trinajstić information content (AvgIpc) is 2.92. The van der Waals surface area contributed by atoms with Crippen LogP contribution < -0.4 is 5.63 Å². The fourth-order valence-corrected chi connectivity index (χ4v) is 4.95. The maximum absolute atomic E-state index is 12.1. The van der Waals surface area contributed by atoms with Crippen LogP contribution in [0.25, 0.3) is 11.0 Å². The van der Waals surface area contributed by atoms with Gasteiger partial charge < -0.3 is 9.15 Å². The van der Waals surface area contributed by atoms with E-state index in [4.69, 9.17) is 20.8 Å². The number of halogens is 1. The smallest absolute Gasteiger partial charge is 0.336 e. The summed E-state index contributed by atoms with van der Waals surface area (Å²) in [4.78, 5) is 23.8. The Morgan fingerprint density at radius 1 is 1.32 bits per heavy atom. The molecule has 0 amide bonds. The first-order valence-corrected chi connectivity index (χ1v) is 10.1. The molecule has 0 bridgehead atoms. The molecule has 0 unspecified atom stereocenters. The molecule has 1 aliphatic heterocycles. The van der Waals surface area contributed by atoms with E-state index < -0.39 is 27.4 Å². The summed E-state index contributed by atoms with van der Waals surface area (Å²) < 4.78 is 33.4. The number of carbonyl (C=O) groups is 1. The van der Waals surface area contributed by atoms with Crippen molar-refractivity contribution < 1.29 is 22.4 Å². The minimum Gasteiger partial charge on any atom is -0.461 e. The Kier molecular flexibility index (Phi) is 4.88. The standard InChI is InChI=1S/C17H17ClO6S/c1-2-10-5-15-13(7-14(10)18)12(6-16(19)24-15)8-23-17(20)11-3-4-25(21,22)9-11/h5-7,11H,2-4,8-9H2,1H3/t11-/m1/s1. The third-order valence-corrected chi connectivity index (χ3v) is 6.43. The summed E-state index contributed by atoms with van der Waals surface area (Å²) in [5, 5.41) is 1.13. The molecule has 1 atom stereocenters. The van der Waals surface area contributed by atoms with Crippen molar-refractivity contribution in [3.05, 3.63) is 44.8 Å². The molecule has 1 aromatic heterocycles. The van der Waals surface area contributed by atoms with Gasteiger partial charge in [0.15, 0.2) is 9.84 Å². The van der Waals surface area contributed by atoms with Gasteiger partial charge >= 0.3 is 11.6 Å². The number of fused-ring (bicyclic) bond motifs is 1. The van der Waals surface area contributed by atoms with Gasteiger partial charge in [0, 0.05) is 22.0 Å². The molecule has 0 saturated carbocycles. The van der Waals surface area contributed by atoms with Crippen LogP contribution in [-0.2, 0) is 32.4 Å². The maximum atomic E-state index is 12.1. The van der Waals surface area contributed by atoms with Crippen LogP contribution in [-0.4, -0.2) is 25.9 Å². The summed E-state index contributed by atoms with van der Waals surface area (Å²) in [6.07, 6.45) is 0.957. The van der Waals surface area contributed by atoms with Crippen LogP contribution >= 0.6 is 11.6 Å². The van der Waals surface area contributed by atoms with E-state index in [1.807, 2.05) is 6.92 Å². The van der Waals surface area contributed by atoms with Crippen LogP contribution in [0.1, 0.15) is 24.5 Å². The van der Waals surface area contributed by atoms with Gasteiger partial charge in [-0.3, -0.25) is 4.79 Å². The Morgan fingerprint density at radius 3 is 2.72 bits per heavy atom. The normalized spacial score (nSPS) is 19.2. The van der Waals surface area contributed by atoms with E-state index in [0.717, 1.165) is 5.56 Å². The molecule has 6 nitrogen and oxygen atoms in total. The zero-order valence-electron chi connectivity index (χ0n) is 13.6. The number of benzene rings is 1. The monoisotopic (exact) mass is 384 g/mol. The van der Waals surface area contributed by atoms with Crippen LogP contribution in [0.5, 0.6) is 0 Å². The van der Waals surface area contributed by atoms with E-state index in [1.54, 1.807) is 12.1 Å². The molecule has 25 heavy (non-hydrogen) atoms. The van der Waals surface area contributed by atoms with Gasteiger partial charge in [-0.2, -0.15) is 0 Å². The third-order valence-electron chi connectivity index (χ3n) is 4.31. The molecule has 1 aliphatic rings. The van der Waals surface area contributed by atoms with Crippen molar-refractivity contribution in [2.45, 2.75) is 26.4 Å². The van der Waals surface area contributed by atoms with E-state index in [1.165, 1.54) is 6.07 Å². The molecule has 2 aromatic rings. The SMILES string of the molecule is CCc1cc2oc(=O)cc(COC(=O)[C@@H]3CCS(=O)(=O)C3)c2cc1Cl. The maximum Gasteiger partial charge on any atom is 0.336 e. The van der Waals surface area contributed by atoms with Gasteiger partial charge in [-0.05, 0) is 30.5 Å². The summed E-state index contributed by atoms with van der Waals surface area (Å²) in [6, 6.07) is 4.64. The molecule has 0 radical (unpaired) electrons. The lowest BCUT2D eigenvalue weighted by Crippen LogP contribution is -2.19. The number of ether oxygens (including phenoxy) is 1. The van der Waals surface area contributed by atoms with Crippen LogP contribution in [0.15, 0.2) is 27.4 Å². The largest absolute Gasteiger partial charge is 0.461 e. The molecule has 3 rings (SSSR count). The summed E-state index contributed by atoms with van der Waals surface area (Å²) in [7, 11) is -3.16. The minimum atomic E-state index is -3.16. The van der Waals surface area contributed by atoms with Crippen LogP contribution in [0, 0.1) is 5.92 Å². The predicted octanol–water partition coefficient (Wildman–Crippen LogP) is 2.49. The molecule has 0 aliphatic carbocycles. The van der Waals surface area contributed by atoms with E-state index in [0.29, 0.717) is 28.0 Å². The van der Waals surface area contributed by atoms with E-state index in [-0.39, 0.29) is 24.5 Å². The summed E-state index contributed by atoms with van der Waals surface area (Å²) in [6.45, 7) is 1.80. The Labute approximate surface area is 149 Å². The number of hydrogen-bond donors (Lipinski definition) is 0. The predicted molar refractivity (Wildman–Crippen MR) is 93.4 cm³/mol. The second-order valence-corrected chi connectivity index (χ2v) is 8.73. The first kappa shape index (κ1) is 17.9. The highest BCUT2D eigenvalue weighted by Gasteiger charge is 2.34. The van der Waals surface area contributed by atoms with Gasteiger partial charge in [-0.1, -0.05) is 18.5 Å². The summed E-state index contributed by atoms with van der Waals surface area (Å²) in [5.41, 5.74) is 1.15. The summed E-state index contributed by atoms with van der Waals surface area (Å²) >= 11 is 6.22. The Bertz CT molecular complexity index is 992. The zero-order chi connectivity index (χ0) is 18.2. The van der Waals surface area contributed by atoms with Gasteiger partial charge in [-0.25, -0.2) is 13.2 Å². The number of sulfone groups is 1. The number of esters is 1. The van der Waals surface area contributed by atoms with Gasteiger partial charge in [0.1, 0.15) is 12.2 Å². The minimum absolute atomic E-state index is 0.0000248. The lowest BCUT2D eigenvalue weighted by Gasteiger charge is -2.11. The lowest BCUT2D eigenvalue weighted by molar-refractivity contribution is -0.148. The first-order valence-electron chi connectivity index (χ1n) is 7.91. The Hall–Kier alpha value is -1.86. The fraction of sp³-hybridized carbons (Fsp3) is 0.412. The Balaban J connectivity index is 1.85. The quantitative estimate of drug-likeness (QED) is 0.594. The van der Waals surface area contributed by atoms with Crippen molar-refractivity contribution in [2.75, 3.05) is 11.5 Å². The molecule has 1 fully saturated rings. The molecule has 0 spiro atoms. The van der Waals surface area contributed by atoms with Crippen molar-refractivity contribution in [1.82, 2.24) is 0 Å². The molecule has 8 heteroatoms. The highest BCUT2D eigenvalue weighted by molar-refractivity contribution is 7.91. The van der Waals surface area contributed by atoms with Crippen molar-refractivity contribution in [1.29, 1.82) is 0 Å². The van der Waals surface area contributed by atoms with Crippen molar-refractivity contribution >= 4 is 38.4 Å². The van der Waals surface area contributed by atoms with Gasteiger partial charge in [0.05, 0.1) is 17.4 Å². The fourth-order valence-electron chi connectivity index (χ4n) is 2.93. The summed E-state index contributed by atoms with van der Waals surface area (Å²) in [5.74, 6) is -1.40. The second kappa shape index (κ2) is 6.80. The van der Waals surface area contributed by atoms with Gasteiger partial charge in [-0.15, -0.1) is 0 Å². The molecule has 1 aromatic carbocycles. The number of rotatable bonds is 4. The van der Waals surface area contributed by atoms with Crippen molar-refractivity contribution in [3.8, 4) is 0 Å². The number of hydrogen-bond acceptors (Lipinski definition) is 6. The van der Waals surface area contributed by atoms with Crippen LogP contribution in [0.3, 0.4) is 0 Å². The van der Waals surface area contributed by atoms with Crippen molar-refractivity contribution in [3.63, 3.8) is 0 Å². The van der Waals surface area contributed by atoms with E-state index in [2.05, 4.69) is 0 Å². The van der Waals surface area contributed by atoms with Crippen molar-refractivity contribution in [2.24, 2.45) is 5.92 Å². The van der Waals surface area contributed by atoms with Gasteiger partial charge in [0.2, 0.25) is 0 Å². The number of carbonyl (C=O) groups excluding carboxylic acids is 1. The van der Waals surface area contributed by atoms with E-state index >= 15 is 0 Å².